The molecule has 2 nitrogen and oxygen atoms in total. The van der Waals surface area contributed by atoms with Gasteiger partial charge in [-0.3, -0.25) is 4.90 Å². The fourth-order valence-corrected chi connectivity index (χ4v) is 1.43. The van der Waals surface area contributed by atoms with E-state index in [4.69, 9.17) is 5.26 Å². The number of hydrogen-bond acceptors (Lipinski definition) is 2. The molecule has 1 aliphatic rings. The molecule has 11 heavy (non-hydrogen) atoms. The molecule has 0 aromatic carbocycles. The van der Waals surface area contributed by atoms with Crippen molar-refractivity contribution in [1.82, 2.24) is 4.90 Å². The first-order chi connectivity index (χ1) is 5.38. The van der Waals surface area contributed by atoms with Gasteiger partial charge in [0, 0.05) is 6.54 Å². The van der Waals surface area contributed by atoms with Crippen LogP contribution < -0.4 is 0 Å². The predicted molar refractivity (Wildman–Crippen MR) is 45.0 cm³/mol. The smallest absolute Gasteiger partial charge is 0.0981 e. The number of nitriles is 1. The predicted octanol–water partition coefficient (Wildman–Crippen LogP) is 1.55. The molecular formula is C9H14N2. The van der Waals surface area contributed by atoms with E-state index in [-0.39, 0.29) is 6.04 Å². The van der Waals surface area contributed by atoms with Crippen LogP contribution in [0.15, 0.2) is 12.2 Å². The van der Waals surface area contributed by atoms with Crippen LogP contribution in [0.3, 0.4) is 0 Å². The first-order valence-electron chi connectivity index (χ1n) is 4.13. The minimum Gasteiger partial charge on any atom is -0.284 e. The van der Waals surface area contributed by atoms with E-state index in [0.717, 1.165) is 19.5 Å². The van der Waals surface area contributed by atoms with Crippen LogP contribution in [-0.2, 0) is 0 Å². The molecule has 0 aromatic heterocycles. The Bertz CT molecular complexity index is 178. The van der Waals surface area contributed by atoms with Crippen molar-refractivity contribution in [3.63, 3.8) is 0 Å². The number of allylic oxidation sites excluding steroid dienone is 1. The average molecular weight is 150 g/mol. The highest BCUT2D eigenvalue weighted by atomic mass is 15.2. The summed E-state index contributed by atoms with van der Waals surface area (Å²) in [6, 6.07) is 2.49. The summed E-state index contributed by atoms with van der Waals surface area (Å²) in [6.07, 6.45) is 6.37. The van der Waals surface area contributed by atoms with Crippen LogP contribution in [0, 0.1) is 11.3 Å². The van der Waals surface area contributed by atoms with Gasteiger partial charge in [0.1, 0.15) is 0 Å². The molecule has 1 atom stereocenters. The Morgan fingerprint density at radius 2 is 2.55 bits per heavy atom. The van der Waals surface area contributed by atoms with Crippen LogP contribution in [0.2, 0.25) is 0 Å². The number of nitrogens with zero attached hydrogens (tertiary/aromatic N) is 2. The topological polar surface area (TPSA) is 27.0 Å². The molecule has 1 saturated heterocycles. The maximum Gasteiger partial charge on any atom is 0.0981 e. The van der Waals surface area contributed by atoms with Crippen LogP contribution in [-0.4, -0.2) is 24.0 Å². The van der Waals surface area contributed by atoms with E-state index in [0.29, 0.717) is 0 Å². The lowest BCUT2D eigenvalue weighted by atomic mass is 10.2. The molecule has 1 aliphatic heterocycles. The molecule has 0 saturated carbocycles. The van der Waals surface area contributed by atoms with Gasteiger partial charge in [0.2, 0.25) is 0 Å². The largest absolute Gasteiger partial charge is 0.284 e. The standard InChI is InChI=1S/C9H14N2/c1-2-3-6-11-7-4-5-9(11)8-10/h2-3,9H,4-7H2,1H3. The zero-order valence-corrected chi connectivity index (χ0v) is 6.95. The van der Waals surface area contributed by atoms with Crippen molar-refractivity contribution < 1.29 is 0 Å². The Morgan fingerprint density at radius 1 is 1.73 bits per heavy atom. The summed E-state index contributed by atoms with van der Waals surface area (Å²) in [5.41, 5.74) is 0. The first kappa shape index (κ1) is 8.29. The van der Waals surface area contributed by atoms with Crippen molar-refractivity contribution in [2.45, 2.75) is 25.8 Å². The summed E-state index contributed by atoms with van der Waals surface area (Å²) in [5.74, 6) is 0. The fourth-order valence-electron chi connectivity index (χ4n) is 1.43. The summed E-state index contributed by atoms with van der Waals surface area (Å²) in [5, 5.41) is 8.72. The van der Waals surface area contributed by atoms with Crippen molar-refractivity contribution in [1.29, 1.82) is 5.26 Å². The molecular weight excluding hydrogens is 136 g/mol. The van der Waals surface area contributed by atoms with Gasteiger partial charge in [0.25, 0.3) is 0 Å². The fraction of sp³-hybridized carbons (Fsp3) is 0.667. The minimum absolute atomic E-state index is 0.172. The lowest BCUT2D eigenvalue weighted by Gasteiger charge is -2.15. The summed E-state index contributed by atoms with van der Waals surface area (Å²) in [4.78, 5) is 2.22. The number of rotatable bonds is 2. The minimum atomic E-state index is 0.172. The van der Waals surface area contributed by atoms with Crippen LogP contribution in [0.1, 0.15) is 19.8 Å². The zero-order valence-electron chi connectivity index (χ0n) is 6.95. The van der Waals surface area contributed by atoms with Gasteiger partial charge in [-0.1, -0.05) is 12.2 Å². The molecule has 1 heterocycles. The maximum atomic E-state index is 8.72. The molecule has 0 aromatic rings. The Labute approximate surface area is 68.1 Å². The van der Waals surface area contributed by atoms with Crippen LogP contribution in [0.4, 0.5) is 0 Å². The van der Waals surface area contributed by atoms with Gasteiger partial charge in [-0.25, -0.2) is 0 Å². The van der Waals surface area contributed by atoms with Crippen molar-refractivity contribution in [3.8, 4) is 6.07 Å². The van der Waals surface area contributed by atoms with Crippen LogP contribution in [0.5, 0.6) is 0 Å². The highest BCUT2D eigenvalue weighted by molar-refractivity contribution is 4.98. The molecule has 60 valence electrons. The summed E-state index contributed by atoms with van der Waals surface area (Å²) < 4.78 is 0. The maximum absolute atomic E-state index is 8.72. The van der Waals surface area contributed by atoms with E-state index in [1.807, 2.05) is 13.0 Å². The van der Waals surface area contributed by atoms with Gasteiger partial charge >= 0.3 is 0 Å². The van der Waals surface area contributed by atoms with Gasteiger partial charge in [0.15, 0.2) is 0 Å². The second kappa shape index (κ2) is 4.15. The summed E-state index contributed by atoms with van der Waals surface area (Å²) in [6.45, 7) is 4.04. The van der Waals surface area contributed by atoms with Gasteiger partial charge < -0.3 is 0 Å². The van der Waals surface area contributed by atoms with Crippen LogP contribution >= 0.6 is 0 Å². The molecule has 0 spiro atoms. The summed E-state index contributed by atoms with van der Waals surface area (Å²) >= 11 is 0. The number of likely N-dealkylation sites (tertiary alicyclic amines) is 1. The molecule has 1 unspecified atom stereocenters. The van der Waals surface area contributed by atoms with Gasteiger partial charge in [-0.2, -0.15) is 5.26 Å². The van der Waals surface area contributed by atoms with E-state index in [2.05, 4.69) is 17.0 Å². The second-order valence-electron chi connectivity index (χ2n) is 2.85. The van der Waals surface area contributed by atoms with E-state index in [1.165, 1.54) is 6.42 Å². The highest BCUT2D eigenvalue weighted by Gasteiger charge is 2.22. The third-order valence-corrected chi connectivity index (χ3v) is 2.09. The van der Waals surface area contributed by atoms with Gasteiger partial charge in [-0.15, -0.1) is 0 Å². The monoisotopic (exact) mass is 150 g/mol. The molecule has 0 radical (unpaired) electrons. The average Bonchev–Trinajstić information content (AvgIpc) is 2.47. The molecule has 2 heteroatoms. The van der Waals surface area contributed by atoms with E-state index in [9.17, 15) is 0 Å². The van der Waals surface area contributed by atoms with Crippen molar-refractivity contribution in [3.05, 3.63) is 12.2 Å². The normalized spacial score (nSPS) is 26.0. The van der Waals surface area contributed by atoms with Crippen molar-refractivity contribution in [2.24, 2.45) is 0 Å². The molecule has 0 amide bonds. The van der Waals surface area contributed by atoms with E-state index < -0.39 is 0 Å². The summed E-state index contributed by atoms with van der Waals surface area (Å²) in [7, 11) is 0. The Balaban J connectivity index is 2.39. The Hall–Kier alpha value is -0.810. The van der Waals surface area contributed by atoms with E-state index in [1.54, 1.807) is 0 Å². The SMILES string of the molecule is CC=CCN1CCCC1C#N. The van der Waals surface area contributed by atoms with E-state index >= 15 is 0 Å². The first-order valence-corrected chi connectivity index (χ1v) is 4.13. The lowest BCUT2D eigenvalue weighted by molar-refractivity contribution is 0.327. The second-order valence-corrected chi connectivity index (χ2v) is 2.85. The molecule has 0 bridgehead atoms. The highest BCUT2D eigenvalue weighted by Crippen LogP contribution is 2.15. The third-order valence-electron chi connectivity index (χ3n) is 2.09. The molecule has 1 fully saturated rings. The Morgan fingerprint density at radius 3 is 3.18 bits per heavy atom. The molecule has 0 N–H and O–H groups in total. The van der Waals surface area contributed by atoms with Crippen molar-refractivity contribution in [2.75, 3.05) is 13.1 Å². The van der Waals surface area contributed by atoms with Gasteiger partial charge in [0.05, 0.1) is 12.1 Å². The molecule has 1 rings (SSSR count). The van der Waals surface area contributed by atoms with Crippen molar-refractivity contribution >= 4 is 0 Å². The van der Waals surface area contributed by atoms with Gasteiger partial charge in [-0.05, 0) is 26.3 Å². The van der Waals surface area contributed by atoms with Crippen LogP contribution in [0.25, 0.3) is 0 Å². The Kier molecular flexibility index (Phi) is 3.13. The quantitative estimate of drug-likeness (QED) is 0.558. The zero-order chi connectivity index (χ0) is 8.10. The lowest BCUT2D eigenvalue weighted by Crippen LogP contribution is -2.27. The molecule has 0 aliphatic carbocycles. The number of hydrogen-bond donors (Lipinski definition) is 0. The third kappa shape index (κ3) is 2.06.